The summed E-state index contributed by atoms with van der Waals surface area (Å²) in [7, 11) is 0. The number of anilines is 2. The van der Waals surface area contributed by atoms with Crippen LogP contribution in [-0.2, 0) is 9.59 Å². The van der Waals surface area contributed by atoms with Crippen LogP contribution in [0.1, 0.15) is 53.4 Å². The van der Waals surface area contributed by atoms with Crippen LogP contribution in [0.5, 0.6) is 11.5 Å². The van der Waals surface area contributed by atoms with Gasteiger partial charge in [0.25, 0.3) is 0 Å². The fourth-order valence-electron chi connectivity index (χ4n) is 2.80. The SMILES string of the molecule is CC(C)Oc1ccc(NC(=O)CCCCC(=O)Nc2ccc(OC(C)C)cc2)cc1. The first-order valence-corrected chi connectivity index (χ1v) is 10.4. The molecule has 0 heterocycles. The molecule has 2 amide bonds. The van der Waals surface area contributed by atoms with E-state index in [2.05, 4.69) is 10.6 Å². The Morgan fingerprint density at radius 3 is 1.30 bits per heavy atom. The summed E-state index contributed by atoms with van der Waals surface area (Å²) < 4.78 is 11.2. The van der Waals surface area contributed by atoms with Gasteiger partial charge in [-0.3, -0.25) is 9.59 Å². The number of rotatable bonds is 11. The molecule has 0 radical (unpaired) electrons. The van der Waals surface area contributed by atoms with Crippen LogP contribution in [-0.4, -0.2) is 24.0 Å². The maximum Gasteiger partial charge on any atom is 0.224 e. The van der Waals surface area contributed by atoms with Crippen LogP contribution in [0.4, 0.5) is 11.4 Å². The van der Waals surface area contributed by atoms with Gasteiger partial charge in [-0.1, -0.05) is 0 Å². The van der Waals surface area contributed by atoms with Crippen LogP contribution in [0.25, 0.3) is 0 Å². The molecule has 0 spiro atoms. The Balaban J connectivity index is 1.64. The van der Waals surface area contributed by atoms with Crippen molar-refractivity contribution < 1.29 is 19.1 Å². The Morgan fingerprint density at radius 2 is 1.00 bits per heavy atom. The number of unbranched alkanes of at least 4 members (excludes halogenated alkanes) is 1. The highest BCUT2D eigenvalue weighted by atomic mass is 16.5. The van der Waals surface area contributed by atoms with E-state index in [4.69, 9.17) is 9.47 Å². The highest BCUT2D eigenvalue weighted by Crippen LogP contribution is 2.18. The van der Waals surface area contributed by atoms with E-state index in [0.29, 0.717) is 25.7 Å². The van der Waals surface area contributed by atoms with Crippen molar-refractivity contribution in [3.05, 3.63) is 48.5 Å². The molecule has 0 aliphatic carbocycles. The topological polar surface area (TPSA) is 76.7 Å². The van der Waals surface area contributed by atoms with Gasteiger partial charge in [-0.2, -0.15) is 0 Å². The van der Waals surface area contributed by atoms with Crippen molar-refractivity contribution in [2.24, 2.45) is 0 Å². The monoisotopic (exact) mass is 412 g/mol. The molecule has 0 fully saturated rings. The molecule has 162 valence electrons. The number of amides is 2. The second kappa shape index (κ2) is 11.9. The van der Waals surface area contributed by atoms with Crippen molar-refractivity contribution in [1.29, 1.82) is 0 Å². The first-order valence-electron chi connectivity index (χ1n) is 10.4. The van der Waals surface area contributed by atoms with Crippen LogP contribution in [0.2, 0.25) is 0 Å². The predicted octanol–water partition coefficient (Wildman–Crippen LogP) is 5.40. The van der Waals surface area contributed by atoms with Crippen molar-refractivity contribution in [2.75, 3.05) is 10.6 Å². The molecule has 2 aromatic carbocycles. The number of nitrogens with one attached hydrogen (secondary N) is 2. The van der Waals surface area contributed by atoms with Crippen molar-refractivity contribution >= 4 is 23.2 Å². The van der Waals surface area contributed by atoms with Gasteiger partial charge < -0.3 is 20.1 Å². The minimum atomic E-state index is -0.0614. The van der Waals surface area contributed by atoms with Crippen molar-refractivity contribution in [3.8, 4) is 11.5 Å². The highest BCUT2D eigenvalue weighted by Gasteiger charge is 2.07. The van der Waals surface area contributed by atoms with Crippen LogP contribution in [0, 0.1) is 0 Å². The lowest BCUT2D eigenvalue weighted by Gasteiger charge is -2.11. The summed E-state index contributed by atoms with van der Waals surface area (Å²) in [5.41, 5.74) is 1.47. The smallest absolute Gasteiger partial charge is 0.224 e. The van der Waals surface area contributed by atoms with Crippen LogP contribution < -0.4 is 20.1 Å². The second-order valence-electron chi connectivity index (χ2n) is 7.69. The Morgan fingerprint density at radius 1 is 0.667 bits per heavy atom. The molecule has 2 aromatic rings. The normalized spacial score (nSPS) is 10.7. The number of ether oxygens (including phenoxy) is 2. The van der Waals surface area contributed by atoms with Gasteiger partial charge in [0.15, 0.2) is 0 Å². The van der Waals surface area contributed by atoms with Crippen molar-refractivity contribution in [2.45, 2.75) is 65.6 Å². The molecule has 2 rings (SSSR count). The summed E-state index contributed by atoms with van der Waals surface area (Å²) in [6, 6.07) is 14.6. The Labute approximate surface area is 179 Å². The van der Waals surface area contributed by atoms with Gasteiger partial charge in [0.1, 0.15) is 11.5 Å². The molecule has 6 heteroatoms. The zero-order chi connectivity index (χ0) is 21.9. The van der Waals surface area contributed by atoms with Gasteiger partial charge >= 0.3 is 0 Å². The summed E-state index contributed by atoms with van der Waals surface area (Å²) in [4.78, 5) is 24.1. The minimum absolute atomic E-state index is 0.0614. The third-order valence-electron chi connectivity index (χ3n) is 4.08. The number of carbonyl (C=O) groups excluding carboxylic acids is 2. The van der Waals surface area contributed by atoms with E-state index in [9.17, 15) is 9.59 Å². The van der Waals surface area contributed by atoms with E-state index in [1.54, 1.807) is 0 Å². The maximum absolute atomic E-state index is 12.1. The largest absolute Gasteiger partial charge is 0.491 e. The zero-order valence-electron chi connectivity index (χ0n) is 18.2. The van der Waals surface area contributed by atoms with Gasteiger partial charge in [-0.05, 0) is 89.1 Å². The second-order valence-corrected chi connectivity index (χ2v) is 7.69. The molecule has 0 saturated carbocycles. The number of hydrogen-bond donors (Lipinski definition) is 2. The molecule has 30 heavy (non-hydrogen) atoms. The molecule has 6 nitrogen and oxygen atoms in total. The molecule has 0 aliphatic rings. The first kappa shape index (κ1) is 23.3. The summed E-state index contributed by atoms with van der Waals surface area (Å²) in [6.45, 7) is 7.87. The van der Waals surface area contributed by atoms with Gasteiger partial charge in [0.2, 0.25) is 11.8 Å². The minimum Gasteiger partial charge on any atom is -0.491 e. The summed E-state index contributed by atoms with van der Waals surface area (Å²) in [6.07, 6.45) is 2.27. The lowest BCUT2D eigenvalue weighted by Crippen LogP contribution is -2.13. The van der Waals surface area contributed by atoms with Crippen LogP contribution in [0.15, 0.2) is 48.5 Å². The van der Waals surface area contributed by atoms with E-state index in [1.807, 2.05) is 76.2 Å². The van der Waals surface area contributed by atoms with E-state index >= 15 is 0 Å². The van der Waals surface area contributed by atoms with Crippen molar-refractivity contribution in [3.63, 3.8) is 0 Å². The van der Waals surface area contributed by atoms with E-state index in [0.717, 1.165) is 22.9 Å². The molecule has 2 N–H and O–H groups in total. The molecule has 0 atom stereocenters. The average Bonchev–Trinajstić information content (AvgIpc) is 2.67. The fourth-order valence-corrected chi connectivity index (χ4v) is 2.80. The van der Waals surface area contributed by atoms with E-state index < -0.39 is 0 Å². The molecule has 0 bridgehead atoms. The number of hydrogen-bond acceptors (Lipinski definition) is 4. The maximum atomic E-state index is 12.1. The Bertz CT molecular complexity index is 729. The summed E-state index contributed by atoms with van der Waals surface area (Å²) in [5, 5.41) is 5.72. The summed E-state index contributed by atoms with van der Waals surface area (Å²) >= 11 is 0. The average molecular weight is 413 g/mol. The molecule has 0 aromatic heterocycles. The Hall–Kier alpha value is -3.02. The van der Waals surface area contributed by atoms with Gasteiger partial charge in [0.05, 0.1) is 12.2 Å². The fraction of sp³-hybridized carbons (Fsp3) is 0.417. The van der Waals surface area contributed by atoms with Crippen LogP contribution >= 0.6 is 0 Å². The van der Waals surface area contributed by atoms with Gasteiger partial charge in [-0.15, -0.1) is 0 Å². The quantitative estimate of drug-likeness (QED) is 0.485. The molecular weight excluding hydrogens is 380 g/mol. The zero-order valence-corrected chi connectivity index (χ0v) is 18.2. The lowest BCUT2D eigenvalue weighted by molar-refractivity contribution is -0.118. The lowest BCUT2D eigenvalue weighted by atomic mass is 10.1. The van der Waals surface area contributed by atoms with Crippen LogP contribution in [0.3, 0.4) is 0 Å². The molecular formula is C24H32N2O4. The number of benzene rings is 2. The van der Waals surface area contributed by atoms with E-state index in [-0.39, 0.29) is 24.0 Å². The Kier molecular flexibility index (Phi) is 9.19. The first-order chi connectivity index (χ1) is 14.3. The predicted molar refractivity (Wildman–Crippen MR) is 120 cm³/mol. The van der Waals surface area contributed by atoms with E-state index in [1.165, 1.54) is 0 Å². The third kappa shape index (κ3) is 8.99. The molecule has 0 aliphatic heterocycles. The number of carbonyl (C=O) groups is 2. The van der Waals surface area contributed by atoms with Crippen molar-refractivity contribution in [1.82, 2.24) is 0 Å². The van der Waals surface area contributed by atoms with Gasteiger partial charge in [0, 0.05) is 24.2 Å². The molecule has 0 unspecified atom stereocenters. The molecule has 0 saturated heterocycles. The standard InChI is InChI=1S/C24H32N2O4/c1-17(2)29-21-13-9-19(10-14-21)25-23(27)7-5-6-8-24(28)26-20-11-15-22(16-12-20)30-18(3)4/h9-18H,5-8H2,1-4H3,(H,25,27)(H,26,28). The summed E-state index contributed by atoms with van der Waals surface area (Å²) in [5.74, 6) is 1.43. The van der Waals surface area contributed by atoms with Gasteiger partial charge in [-0.25, -0.2) is 0 Å². The third-order valence-corrected chi connectivity index (χ3v) is 4.08. The highest BCUT2D eigenvalue weighted by molar-refractivity contribution is 5.91.